The van der Waals surface area contributed by atoms with Crippen LogP contribution in [-0.2, 0) is 0 Å². The second kappa shape index (κ2) is 8.14. The predicted octanol–water partition coefficient (Wildman–Crippen LogP) is 2.95. The molecule has 0 aliphatic carbocycles. The first kappa shape index (κ1) is 20.5. The number of nitrogens with one attached hydrogen (secondary N) is 1. The van der Waals surface area contributed by atoms with Gasteiger partial charge in [0.2, 0.25) is 5.76 Å². The quantitative estimate of drug-likeness (QED) is 0.634. The van der Waals surface area contributed by atoms with Crippen molar-refractivity contribution in [2.24, 2.45) is 5.73 Å². The van der Waals surface area contributed by atoms with E-state index in [1.165, 1.54) is 19.5 Å². The van der Waals surface area contributed by atoms with Crippen LogP contribution in [0.15, 0.2) is 28.9 Å². The van der Waals surface area contributed by atoms with Crippen molar-refractivity contribution in [2.45, 2.75) is 0 Å². The monoisotopic (exact) mass is 448 g/mol. The van der Waals surface area contributed by atoms with Gasteiger partial charge in [-0.25, -0.2) is 0 Å². The van der Waals surface area contributed by atoms with Crippen LogP contribution in [0.1, 0.15) is 20.9 Å². The summed E-state index contributed by atoms with van der Waals surface area (Å²) in [6, 6.07) is 3.34. The van der Waals surface area contributed by atoms with Crippen LogP contribution in [0.3, 0.4) is 0 Å². The summed E-state index contributed by atoms with van der Waals surface area (Å²) in [7, 11) is 1.46. The van der Waals surface area contributed by atoms with Gasteiger partial charge in [0.1, 0.15) is 0 Å². The van der Waals surface area contributed by atoms with E-state index in [4.69, 9.17) is 38.1 Å². The van der Waals surface area contributed by atoms with E-state index in [-0.39, 0.29) is 27.0 Å². The zero-order valence-electron chi connectivity index (χ0n) is 16.0. The van der Waals surface area contributed by atoms with Gasteiger partial charge in [-0.2, -0.15) is 0 Å². The fourth-order valence-electron chi connectivity index (χ4n) is 3.61. The minimum atomic E-state index is -0.803. The molecule has 2 aromatic heterocycles. The molecule has 0 bridgehead atoms. The molecule has 0 spiro atoms. The molecule has 1 aliphatic heterocycles. The van der Waals surface area contributed by atoms with Crippen molar-refractivity contribution in [3.63, 3.8) is 0 Å². The molecular weight excluding hydrogens is 431 g/mol. The Bertz CT molecular complexity index is 1140. The van der Waals surface area contributed by atoms with Gasteiger partial charge in [-0.3, -0.25) is 14.6 Å². The number of nitrogens with two attached hydrogens (primary N) is 1. The Kier molecular flexibility index (Phi) is 5.55. The fourth-order valence-corrected chi connectivity index (χ4v) is 4.18. The number of fused-ring (bicyclic) bond motifs is 1. The lowest BCUT2D eigenvalue weighted by Crippen LogP contribution is -2.46. The first-order valence-electron chi connectivity index (χ1n) is 9.16. The minimum absolute atomic E-state index is 0.0358. The number of furan rings is 1. The summed E-state index contributed by atoms with van der Waals surface area (Å²) >= 11 is 12.7. The highest BCUT2D eigenvalue weighted by Crippen LogP contribution is 2.44. The molecule has 1 aliphatic rings. The van der Waals surface area contributed by atoms with Crippen molar-refractivity contribution < 1.29 is 18.7 Å². The number of benzene rings is 1. The Balaban J connectivity index is 2.03. The maximum Gasteiger partial charge on any atom is 0.290 e. The Morgan fingerprint density at radius 1 is 1.20 bits per heavy atom. The smallest absolute Gasteiger partial charge is 0.290 e. The number of aromatic nitrogens is 1. The molecule has 0 unspecified atom stereocenters. The second-order valence-corrected chi connectivity index (χ2v) is 7.52. The summed E-state index contributed by atoms with van der Waals surface area (Å²) in [5.74, 6) is -1.01. The molecule has 0 atom stereocenters. The van der Waals surface area contributed by atoms with Crippen LogP contribution in [0.2, 0.25) is 10.0 Å². The lowest BCUT2D eigenvalue weighted by molar-refractivity contribution is 0.0700. The first-order valence-corrected chi connectivity index (χ1v) is 9.92. The van der Waals surface area contributed by atoms with Crippen molar-refractivity contribution >= 4 is 46.0 Å². The Morgan fingerprint density at radius 2 is 1.87 bits per heavy atom. The molecule has 30 heavy (non-hydrogen) atoms. The normalized spacial score (nSPS) is 14.2. The SMILES string of the molecule is COc1ccc(-c2c(Cl)cncc2Cl)c2c(C(N)=O)c(C(=O)N3CCNCC3)oc12. The van der Waals surface area contributed by atoms with Gasteiger partial charge in [0.05, 0.1) is 22.7 Å². The molecule has 2 amide bonds. The topological polar surface area (TPSA) is 111 Å². The summed E-state index contributed by atoms with van der Waals surface area (Å²) in [4.78, 5) is 31.2. The molecular formula is C20H18Cl2N4O4. The van der Waals surface area contributed by atoms with Crippen molar-refractivity contribution in [3.05, 3.63) is 45.9 Å². The molecule has 156 valence electrons. The number of pyridine rings is 1. The van der Waals surface area contributed by atoms with Crippen LogP contribution in [0.25, 0.3) is 22.1 Å². The van der Waals surface area contributed by atoms with Crippen LogP contribution in [0, 0.1) is 0 Å². The van der Waals surface area contributed by atoms with Gasteiger partial charge in [-0.15, -0.1) is 0 Å². The van der Waals surface area contributed by atoms with Crippen LogP contribution in [0.5, 0.6) is 5.75 Å². The van der Waals surface area contributed by atoms with E-state index >= 15 is 0 Å². The number of primary amides is 1. The van der Waals surface area contributed by atoms with Gasteiger partial charge in [0, 0.05) is 49.5 Å². The van der Waals surface area contributed by atoms with E-state index in [2.05, 4.69) is 10.3 Å². The molecule has 3 aromatic rings. The number of piperazine rings is 1. The van der Waals surface area contributed by atoms with Gasteiger partial charge >= 0.3 is 0 Å². The molecule has 4 rings (SSSR count). The van der Waals surface area contributed by atoms with Crippen molar-refractivity contribution in [1.29, 1.82) is 0 Å². The number of hydrogen-bond donors (Lipinski definition) is 2. The summed E-state index contributed by atoms with van der Waals surface area (Å²) in [5.41, 5.74) is 6.82. The van der Waals surface area contributed by atoms with E-state index in [1.54, 1.807) is 17.0 Å². The number of halogens is 2. The zero-order chi connectivity index (χ0) is 21.4. The average molecular weight is 449 g/mol. The summed E-state index contributed by atoms with van der Waals surface area (Å²) in [6.45, 7) is 2.27. The highest BCUT2D eigenvalue weighted by Gasteiger charge is 2.32. The highest BCUT2D eigenvalue weighted by atomic mass is 35.5. The summed E-state index contributed by atoms with van der Waals surface area (Å²) in [5, 5.41) is 4.05. The molecule has 0 radical (unpaired) electrons. The summed E-state index contributed by atoms with van der Waals surface area (Å²) < 4.78 is 11.3. The van der Waals surface area contributed by atoms with E-state index in [9.17, 15) is 9.59 Å². The first-order chi connectivity index (χ1) is 14.4. The molecule has 1 aromatic carbocycles. The molecule has 3 heterocycles. The van der Waals surface area contributed by atoms with Gasteiger partial charge in [-0.1, -0.05) is 23.2 Å². The third-order valence-corrected chi connectivity index (χ3v) is 5.56. The fraction of sp³-hybridized carbons (Fsp3) is 0.250. The number of carbonyl (C=O) groups is 2. The van der Waals surface area contributed by atoms with Crippen molar-refractivity contribution in [3.8, 4) is 16.9 Å². The number of hydrogen-bond acceptors (Lipinski definition) is 6. The summed E-state index contributed by atoms with van der Waals surface area (Å²) in [6.07, 6.45) is 2.88. The van der Waals surface area contributed by atoms with Crippen LogP contribution >= 0.6 is 23.2 Å². The maximum absolute atomic E-state index is 13.2. The van der Waals surface area contributed by atoms with Crippen molar-refractivity contribution in [1.82, 2.24) is 15.2 Å². The third kappa shape index (κ3) is 3.36. The lowest BCUT2D eigenvalue weighted by Gasteiger charge is -2.26. The molecule has 1 saturated heterocycles. The highest BCUT2D eigenvalue weighted by molar-refractivity contribution is 6.39. The van der Waals surface area contributed by atoms with Crippen LogP contribution < -0.4 is 15.8 Å². The molecule has 1 fully saturated rings. The van der Waals surface area contributed by atoms with E-state index in [0.717, 1.165) is 0 Å². The number of ether oxygens (including phenoxy) is 1. The van der Waals surface area contributed by atoms with Crippen molar-refractivity contribution in [2.75, 3.05) is 33.3 Å². The Labute approximate surface area is 181 Å². The number of amides is 2. The van der Waals surface area contributed by atoms with Gasteiger partial charge < -0.3 is 25.1 Å². The number of carbonyl (C=O) groups excluding carboxylic acids is 2. The van der Waals surface area contributed by atoms with Gasteiger partial charge in [-0.05, 0) is 17.7 Å². The molecule has 3 N–H and O–H groups in total. The Morgan fingerprint density at radius 3 is 2.47 bits per heavy atom. The minimum Gasteiger partial charge on any atom is -0.493 e. The van der Waals surface area contributed by atoms with Gasteiger partial charge in [0.25, 0.3) is 11.8 Å². The maximum atomic E-state index is 13.2. The van der Waals surface area contributed by atoms with Crippen LogP contribution in [-0.4, -0.2) is 55.0 Å². The zero-order valence-corrected chi connectivity index (χ0v) is 17.5. The number of rotatable bonds is 4. The van der Waals surface area contributed by atoms with Crippen LogP contribution in [0.4, 0.5) is 0 Å². The van der Waals surface area contributed by atoms with E-state index in [0.29, 0.717) is 48.4 Å². The molecule has 8 nitrogen and oxygen atoms in total. The lowest BCUT2D eigenvalue weighted by atomic mass is 9.98. The predicted molar refractivity (Wildman–Crippen MR) is 113 cm³/mol. The van der Waals surface area contributed by atoms with E-state index in [1.807, 2.05) is 0 Å². The average Bonchev–Trinajstić information content (AvgIpc) is 3.15. The molecule has 0 saturated carbocycles. The Hall–Kier alpha value is -2.81. The van der Waals surface area contributed by atoms with Gasteiger partial charge in [0.15, 0.2) is 11.3 Å². The molecule has 10 heteroatoms. The standard InChI is InChI=1S/C20H18Cl2N4O4/c1-29-13-3-2-10(14-11(21)8-25-9-12(14)22)15-16(19(23)27)18(30-17(13)15)20(28)26-6-4-24-5-7-26/h2-3,8-9,24H,4-7H2,1H3,(H2,23,27). The number of methoxy groups -OCH3 is 1. The third-order valence-electron chi connectivity index (χ3n) is 4.99. The number of nitrogens with zero attached hydrogens (tertiary/aromatic N) is 2. The largest absolute Gasteiger partial charge is 0.493 e. The second-order valence-electron chi connectivity index (χ2n) is 6.71. The van der Waals surface area contributed by atoms with E-state index < -0.39 is 11.8 Å².